The van der Waals surface area contributed by atoms with E-state index < -0.39 is 0 Å². The second-order valence-electron chi connectivity index (χ2n) is 5.17. The van der Waals surface area contributed by atoms with E-state index in [9.17, 15) is 4.79 Å². The fourth-order valence-electron chi connectivity index (χ4n) is 2.62. The summed E-state index contributed by atoms with van der Waals surface area (Å²) >= 11 is 0. The Morgan fingerprint density at radius 1 is 1.14 bits per heavy atom. The molecule has 2 aromatic carbocycles. The first-order chi connectivity index (χ1) is 10.2. The van der Waals surface area contributed by atoms with Gasteiger partial charge in [0.1, 0.15) is 0 Å². The summed E-state index contributed by atoms with van der Waals surface area (Å²) in [6.07, 6.45) is 3.09. The van der Waals surface area contributed by atoms with E-state index in [2.05, 4.69) is 23.0 Å². The molecule has 1 N–H and O–H groups in total. The maximum absolute atomic E-state index is 12.3. The van der Waals surface area contributed by atoms with Crippen molar-refractivity contribution in [2.45, 2.75) is 13.3 Å². The van der Waals surface area contributed by atoms with Crippen molar-refractivity contribution in [1.82, 2.24) is 4.57 Å². The highest BCUT2D eigenvalue weighted by Crippen LogP contribution is 2.23. The van der Waals surface area contributed by atoms with Crippen LogP contribution >= 0.6 is 0 Å². The number of carbonyl (C=O) groups excluding carboxylic acids is 1. The van der Waals surface area contributed by atoms with Crippen LogP contribution in [0.2, 0.25) is 0 Å². The number of rotatable bonds is 3. The molecule has 0 aliphatic rings. The molecule has 3 heteroatoms. The quantitative estimate of drug-likeness (QED) is 0.772. The third kappa shape index (κ3) is 2.55. The Morgan fingerprint density at radius 3 is 2.62 bits per heavy atom. The third-order valence-corrected chi connectivity index (χ3v) is 3.75. The lowest BCUT2D eigenvalue weighted by Gasteiger charge is -2.06. The normalized spacial score (nSPS) is 10.8. The van der Waals surface area contributed by atoms with Gasteiger partial charge in [0.2, 0.25) is 0 Å². The molecule has 0 fully saturated rings. The van der Waals surface area contributed by atoms with Crippen molar-refractivity contribution in [3.63, 3.8) is 0 Å². The van der Waals surface area contributed by atoms with Gasteiger partial charge in [0.05, 0.1) is 0 Å². The van der Waals surface area contributed by atoms with Crippen molar-refractivity contribution in [3.8, 4) is 0 Å². The average Bonchev–Trinajstić information content (AvgIpc) is 2.84. The summed E-state index contributed by atoms with van der Waals surface area (Å²) in [5.41, 5.74) is 3.92. The number of benzene rings is 2. The number of anilines is 1. The molecule has 1 heterocycles. The highest BCUT2D eigenvalue weighted by molar-refractivity contribution is 6.06. The van der Waals surface area contributed by atoms with E-state index in [1.54, 1.807) is 0 Å². The van der Waals surface area contributed by atoms with Crippen LogP contribution in [0, 0.1) is 0 Å². The number of carbonyl (C=O) groups is 1. The van der Waals surface area contributed by atoms with Crippen molar-refractivity contribution >= 4 is 22.5 Å². The molecule has 3 aromatic rings. The molecule has 0 bridgehead atoms. The van der Waals surface area contributed by atoms with Crippen LogP contribution in [0.5, 0.6) is 0 Å². The fourth-order valence-corrected chi connectivity index (χ4v) is 2.62. The number of nitrogens with one attached hydrogen (secondary N) is 1. The molecule has 3 nitrogen and oxygen atoms in total. The van der Waals surface area contributed by atoms with Gasteiger partial charge in [-0.3, -0.25) is 4.79 Å². The van der Waals surface area contributed by atoms with Gasteiger partial charge < -0.3 is 9.88 Å². The number of hydrogen-bond donors (Lipinski definition) is 1. The Hall–Kier alpha value is -2.55. The second-order valence-corrected chi connectivity index (χ2v) is 5.17. The molecule has 106 valence electrons. The molecule has 0 radical (unpaired) electrons. The lowest BCUT2D eigenvalue weighted by Crippen LogP contribution is -2.11. The van der Waals surface area contributed by atoms with Crippen molar-refractivity contribution < 1.29 is 4.79 Å². The van der Waals surface area contributed by atoms with Crippen LogP contribution in [0.25, 0.3) is 10.9 Å². The summed E-state index contributed by atoms with van der Waals surface area (Å²) in [5.74, 6) is -0.0750. The van der Waals surface area contributed by atoms with Gasteiger partial charge in [-0.25, -0.2) is 0 Å². The zero-order valence-electron chi connectivity index (χ0n) is 12.3. The number of fused-ring (bicyclic) bond motifs is 1. The van der Waals surface area contributed by atoms with E-state index in [1.165, 1.54) is 5.56 Å². The predicted octanol–water partition coefficient (Wildman–Crippen LogP) is 3.99. The molecule has 0 aliphatic carbocycles. The Morgan fingerprint density at radius 2 is 1.90 bits per heavy atom. The largest absolute Gasteiger partial charge is 0.350 e. The van der Waals surface area contributed by atoms with Gasteiger partial charge in [0.25, 0.3) is 5.91 Å². The van der Waals surface area contributed by atoms with Crippen LogP contribution in [0.15, 0.2) is 54.7 Å². The van der Waals surface area contributed by atoms with E-state index in [1.807, 2.05) is 55.6 Å². The van der Waals surface area contributed by atoms with Gasteiger partial charge in [-0.1, -0.05) is 25.1 Å². The minimum absolute atomic E-state index is 0.0750. The molecule has 0 atom stereocenters. The number of aromatic nitrogens is 1. The molecule has 21 heavy (non-hydrogen) atoms. The van der Waals surface area contributed by atoms with E-state index in [-0.39, 0.29) is 5.91 Å². The average molecular weight is 278 g/mol. The minimum Gasteiger partial charge on any atom is -0.350 e. The molecule has 0 saturated heterocycles. The van der Waals surface area contributed by atoms with Crippen LogP contribution < -0.4 is 5.32 Å². The molecule has 0 unspecified atom stereocenters. The van der Waals surface area contributed by atoms with Crippen LogP contribution in [-0.2, 0) is 13.5 Å². The van der Waals surface area contributed by atoms with E-state index >= 15 is 0 Å². The Kier molecular flexibility index (Phi) is 3.48. The van der Waals surface area contributed by atoms with E-state index in [0.29, 0.717) is 5.56 Å². The van der Waals surface area contributed by atoms with Gasteiger partial charge >= 0.3 is 0 Å². The molecule has 3 rings (SSSR count). The maximum atomic E-state index is 12.3. The summed E-state index contributed by atoms with van der Waals surface area (Å²) in [6, 6.07) is 15.4. The molecule has 1 amide bonds. The molecule has 0 aliphatic heterocycles. The summed E-state index contributed by atoms with van der Waals surface area (Å²) in [4.78, 5) is 12.3. The molecular formula is C18H18N2O. The topological polar surface area (TPSA) is 34.0 Å². The first-order valence-corrected chi connectivity index (χ1v) is 7.13. The first-order valence-electron chi connectivity index (χ1n) is 7.13. The van der Waals surface area contributed by atoms with Crippen LogP contribution in [-0.4, -0.2) is 10.5 Å². The highest BCUT2D eigenvalue weighted by Gasteiger charge is 2.10. The Labute approximate surface area is 124 Å². The molecule has 0 saturated carbocycles. The lowest BCUT2D eigenvalue weighted by atomic mass is 10.1. The van der Waals surface area contributed by atoms with Crippen LogP contribution in [0.1, 0.15) is 22.8 Å². The fraction of sp³-hybridized carbons (Fsp3) is 0.167. The van der Waals surface area contributed by atoms with Crippen molar-refractivity contribution in [2.75, 3.05) is 5.32 Å². The van der Waals surface area contributed by atoms with Crippen LogP contribution in [0.3, 0.4) is 0 Å². The van der Waals surface area contributed by atoms with E-state index in [4.69, 9.17) is 0 Å². The number of nitrogens with zero attached hydrogens (tertiary/aromatic N) is 1. The molecular weight excluding hydrogens is 260 g/mol. The summed E-state index contributed by atoms with van der Waals surface area (Å²) in [7, 11) is 2.03. The zero-order valence-corrected chi connectivity index (χ0v) is 12.3. The van der Waals surface area contributed by atoms with Gasteiger partial charge in [-0.05, 0) is 42.3 Å². The minimum atomic E-state index is -0.0750. The SMILES string of the molecule is CCc1cn(C)c2ccc(C(=O)Nc3ccccc3)cc12. The van der Waals surface area contributed by atoms with Gasteiger partial charge in [0, 0.05) is 35.4 Å². The predicted molar refractivity (Wildman–Crippen MR) is 86.7 cm³/mol. The Balaban J connectivity index is 1.95. The van der Waals surface area contributed by atoms with Crippen molar-refractivity contribution in [3.05, 3.63) is 65.9 Å². The lowest BCUT2D eigenvalue weighted by molar-refractivity contribution is 0.102. The smallest absolute Gasteiger partial charge is 0.255 e. The van der Waals surface area contributed by atoms with Crippen LogP contribution in [0.4, 0.5) is 5.69 Å². The summed E-state index contributed by atoms with van der Waals surface area (Å²) in [6.45, 7) is 2.13. The standard InChI is InChI=1S/C18H18N2O/c1-3-13-12-20(2)17-10-9-14(11-16(13)17)18(21)19-15-7-5-4-6-8-15/h4-12H,3H2,1-2H3,(H,19,21). The van der Waals surface area contributed by atoms with Crippen molar-refractivity contribution in [1.29, 1.82) is 0 Å². The number of para-hydroxylation sites is 1. The maximum Gasteiger partial charge on any atom is 0.255 e. The van der Waals surface area contributed by atoms with E-state index in [0.717, 1.165) is 23.0 Å². The first kappa shape index (κ1) is 13.4. The van der Waals surface area contributed by atoms with Gasteiger partial charge in [-0.2, -0.15) is 0 Å². The number of hydrogen-bond acceptors (Lipinski definition) is 1. The zero-order chi connectivity index (χ0) is 14.8. The monoisotopic (exact) mass is 278 g/mol. The number of amides is 1. The third-order valence-electron chi connectivity index (χ3n) is 3.75. The van der Waals surface area contributed by atoms with Crippen molar-refractivity contribution in [2.24, 2.45) is 7.05 Å². The Bertz CT molecular complexity index is 788. The molecule has 0 spiro atoms. The number of aryl methyl sites for hydroxylation is 2. The summed E-state index contributed by atoms with van der Waals surface area (Å²) < 4.78 is 2.10. The second kappa shape index (κ2) is 5.44. The summed E-state index contributed by atoms with van der Waals surface area (Å²) in [5, 5.41) is 4.07. The van der Waals surface area contributed by atoms with Gasteiger partial charge in [0.15, 0.2) is 0 Å². The highest BCUT2D eigenvalue weighted by atomic mass is 16.1. The molecule has 1 aromatic heterocycles. The van der Waals surface area contributed by atoms with Gasteiger partial charge in [-0.15, -0.1) is 0 Å².